The zero-order chi connectivity index (χ0) is 12.8. The predicted molar refractivity (Wildman–Crippen MR) is 69.8 cm³/mol. The number of rotatable bonds is 7. The fourth-order valence-corrected chi connectivity index (χ4v) is 1.72. The van der Waals surface area contributed by atoms with E-state index in [0.717, 1.165) is 12.0 Å². The van der Waals surface area contributed by atoms with Crippen molar-refractivity contribution < 1.29 is 9.13 Å². The van der Waals surface area contributed by atoms with Crippen molar-refractivity contribution in [3.63, 3.8) is 0 Å². The lowest BCUT2D eigenvalue weighted by molar-refractivity contribution is 0.311. The molecule has 2 nitrogen and oxygen atoms in total. The molecule has 18 heavy (non-hydrogen) atoms. The number of ether oxygens (including phenoxy) is 1. The van der Waals surface area contributed by atoms with Crippen LogP contribution in [0, 0.1) is 18.2 Å². The van der Waals surface area contributed by atoms with Crippen molar-refractivity contribution in [1.82, 2.24) is 5.32 Å². The van der Waals surface area contributed by atoms with E-state index < -0.39 is 0 Å². The second kappa shape index (κ2) is 6.42. The first kappa shape index (κ1) is 12.9. The highest BCUT2D eigenvalue weighted by molar-refractivity contribution is 5.29. The Bertz CT molecular complexity index is 435. The zero-order valence-corrected chi connectivity index (χ0v) is 10.4. The predicted octanol–water partition coefficient (Wildman–Crippen LogP) is 2.87. The molecule has 1 aromatic rings. The van der Waals surface area contributed by atoms with Gasteiger partial charge in [-0.3, -0.25) is 0 Å². The molecule has 0 spiro atoms. The highest BCUT2D eigenvalue weighted by Crippen LogP contribution is 2.21. The van der Waals surface area contributed by atoms with Gasteiger partial charge in [0.05, 0.1) is 6.61 Å². The summed E-state index contributed by atoms with van der Waals surface area (Å²) >= 11 is 0. The summed E-state index contributed by atoms with van der Waals surface area (Å²) in [5.74, 6) is 2.88. The molecule has 1 aromatic carbocycles. The molecule has 0 saturated heterocycles. The van der Waals surface area contributed by atoms with Gasteiger partial charge in [0.2, 0.25) is 0 Å². The zero-order valence-electron chi connectivity index (χ0n) is 10.4. The third-order valence-electron chi connectivity index (χ3n) is 2.84. The second-order valence-electron chi connectivity index (χ2n) is 4.61. The molecule has 0 aliphatic heterocycles. The van der Waals surface area contributed by atoms with Gasteiger partial charge in [-0.2, -0.15) is 0 Å². The molecule has 1 fully saturated rings. The molecule has 0 radical (unpaired) electrons. The summed E-state index contributed by atoms with van der Waals surface area (Å²) in [6, 6.07) is 5.46. The maximum absolute atomic E-state index is 13.4. The van der Waals surface area contributed by atoms with Crippen LogP contribution in [0.15, 0.2) is 18.2 Å². The largest absolute Gasteiger partial charge is 0.493 e. The third kappa shape index (κ3) is 4.38. The van der Waals surface area contributed by atoms with Gasteiger partial charge in [0.15, 0.2) is 0 Å². The molecule has 0 amide bonds. The van der Waals surface area contributed by atoms with Crippen molar-refractivity contribution in [2.24, 2.45) is 0 Å². The molecule has 3 heteroatoms. The lowest BCUT2D eigenvalue weighted by atomic mass is 10.2. The molecular weight excluding hydrogens is 229 g/mol. The molecule has 1 aliphatic carbocycles. The third-order valence-corrected chi connectivity index (χ3v) is 2.84. The van der Waals surface area contributed by atoms with Gasteiger partial charge in [0, 0.05) is 25.1 Å². The summed E-state index contributed by atoms with van der Waals surface area (Å²) in [4.78, 5) is 0. The van der Waals surface area contributed by atoms with E-state index in [0.29, 0.717) is 31.4 Å². The topological polar surface area (TPSA) is 21.3 Å². The number of benzene rings is 1. The quantitative estimate of drug-likeness (QED) is 0.591. The van der Waals surface area contributed by atoms with E-state index in [1.54, 1.807) is 6.07 Å². The van der Waals surface area contributed by atoms with Crippen LogP contribution in [0.4, 0.5) is 4.39 Å². The number of terminal acetylenes is 1. The van der Waals surface area contributed by atoms with Crippen molar-refractivity contribution >= 4 is 0 Å². The smallest absolute Gasteiger partial charge is 0.127 e. The van der Waals surface area contributed by atoms with Crippen LogP contribution in [0.1, 0.15) is 31.2 Å². The Morgan fingerprint density at radius 1 is 1.39 bits per heavy atom. The van der Waals surface area contributed by atoms with Crippen LogP contribution in [0.3, 0.4) is 0 Å². The highest BCUT2D eigenvalue weighted by atomic mass is 19.1. The number of hydrogen-bond acceptors (Lipinski definition) is 2. The first-order chi connectivity index (χ1) is 8.78. The molecule has 0 unspecified atom stereocenters. The molecule has 2 rings (SSSR count). The van der Waals surface area contributed by atoms with E-state index in [9.17, 15) is 4.39 Å². The van der Waals surface area contributed by atoms with Crippen molar-refractivity contribution in [3.8, 4) is 18.1 Å². The normalized spacial score (nSPS) is 14.2. The van der Waals surface area contributed by atoms with Crippen molar-refractivity contribution in [3.05, 3.63) is 29.6 Å². The van der Waals surface area contributed by atoms with Gasteiger partial charge in [0.1, 0.15) is 11.6 Å². The Morgan fingerprint density at radius 3 is 2.94 bits per heavy atom. The number of halogens is 1. The first-order valence-electron chi connectivity index (χ1n) is 6.37. The van der Waals surface area contributed by atoms with E-state index in [1.165, 1.54) is 18.9 Å². The van der Waals surface area contributed by atoms with Crippen LogP contribution in [0.25, 0.3) is 0 Å². The maximum atomic E-state index is 13.4. The average Bonchev–Trinajstić information content (AvgIpc) is 3.16. The molecule has 1 saturated carbocycles. The lowest BCUT2D eigenvalue weighted by Crippen LogP contribution is -2.15. The van der Waals surface area contributed by atoms with Crippen LogP contribution < -0.4 is 10.1 Å². The fourth-order valence-electron chi connectivity index (χ4n) is 1.72. The number of nitrogens with one attached hydrogen (secondary N) is 1. The van der Waals surface area contributed by atoms with Crippen molar-refractivity contribution in [2.75, 3.05) is 6.61 Å². The van der Waals surface area contributed by atoms with Crippen molar-refractivity contribution in [2.45, 2.75) is 38.3 Å². The molecule has 0 heterocycles. The van der Waals surface area contributed by atoms with Gasteiger partial charge in [-0.15, -0.1) is 12.3 Å². The second-order valence-corrected chi connectivity index (χ2v) is 4.61. The minimum Gasteiger partial charge on any atom is -0.493 e. The Kier molecular flexibility index (Phi) is 4.60. The van der Waals surface area contributed by atoms with Gasteiger partial charge >= 0.3 is 0 Å². The Hall–Kier alpha value is -1.53. The van der Waals surface area contributed by atoms with Gasteiger partial charge in [-0.25, -0.2) is 4.39 Å². The van der Waals surface area contributed by atoms with E-state index in [4.69, 9.17) is 11.2 Å². The molecule has 0 bridgehead atoms. The standard InChI is InChI=1S/C15H18FNO/c1-2-3-4-7-18-15-9-12(8-13(16)10-15)11-17-14-5-6-14/h1,8-10,14,17H,3-7,11H2. The van der Waals surface area contributed by atoms with E-state index in [1.807, 2.05) is 6.07 Å². The van der Waals surface area contributed by atoms with E-state index in [2.05, 4.69) is 11.2 Å². The molecular formula is C15H18FNO. The maximum Gasteiger partial charge on any atom is 0.127 e. The first-order valence-corrected chi connectivity index (χ1v) is 6.37. The average molecular weight is 247 g/mol. The summed E-state index contributed by atoms with van der Waals surface area (Å²) in [5, 5.41) is 3.35. The lowest BCUT2D eigenvalue weighted by Gasteiger charge is -2.08. The number of hydrogen-bond donors (Lipinski definition) is 1. The van der Waals surface area contributed by atoms with Gasteiger partial charge in [0.25, 0.3) is 0 Å². The summed E-state index contributed by atoms with van der Waals surface area (Å²) in [6.45, 7) is 1.23. The number of unbranched alkanes of at least 4 members (excludes halogenated alkanes) is 1. The van der Waals surface area contributed by atoms with Gasteiger partial charge in [-0.1, -0.05) is 0 Å². The summed E-state index contributed by atoms with van der Waals surface area (Å²) in [5.41, 5.74) is 0.925. The van der Waals surface area contributed by atoms with Crippen LogP contribution in [-0.2, 0) is 6.54 Å². The van der Waals surface area contributed by atoms with E-state index >= 15 is 0 Å². The van der Waals surface area contributed by atoms with Crippen LogP contribution in [0.2, 0.25) is 0 Å². The molecule has 0 atom stereocenters. The Labute approximate surface area is 108 Å². The van der Waals surface area contributed by atoms with Crippen LogP contribution in [0.5, 0.6) is 5.75 Å². The minimum atomic E-state index is -0.253. The van der Waals surface area contributed by atoms with Gasteiger partial charge in [-0.05, 0) is 37.0 Å². The Morgan fingerprint density at radius 2 is 2.22 bits per heavy atom. The van der Waals surface area contributed by atoms with Crippen LogP contribution >= 0.6 is 0 Å². The molecule has 1 aliphatic rings. The monoisotopic (exact) mass is 247 g/mol. The fraction of sp³-hybridized carbons (Fsp3) is 0.467. The molecule has 0 aromatic heterocycles. The van der Waals surface area contributed by atoms with Gasteiger partial charge < -0.3 is 10.1 Å². The summed E-state index contributed by atoms with van der Waals surface area (Å²) in [7, 11) is 0. The van der Waals surface area contributed by atoms with Crippen molar-refractivity contribution in [1.29, 1.82) is 0 Å². The summed E-state index contributed by atoms with van der Waals surface area (Å²) in [6.07, 6.45) is 9.09. The highest BCUT2D eigenvalue weighted by Gasteiger charge is 2.20. The Balaban J connectivity index is 1.86. The molecule has 96 valence electrons. The minimum absolute atomic E-state index is 0.253. The SMILES string of the molecule is C#CCCCOc1cc(F)cc(CNC2CC2)c1. The van der Waals surface area contributed by atoms with Crippen LogP contribution in [-0.4, -0.2) is 12.6 Å². The molecule has 1 N–H and O–H groups in total. The summed E-state index contributed by atoms with van der Waals surface area (Å²) < 4.78 is 18.9. The van der Waals surface area contributed by atoms with E-state index in [-0.39, 0.29) is 5.82 Å².